The molecule has 2 aromatic carbocycles. The summed E-state index contributed by atoms with van der Waals surface area (Å²) in [6.45, 7) is 0.637. The van der Waals surface area contributed by atoms with Crippen LogP contribution in [0.2, 0.25) is 10.0 Å². The highest BCUT2D eigenvalue weighted by Gasteiger charge is 2.63. The molecular formula is C23H19Cl2F6N3O3. The van der Waals surface area contributed by atoms with Gasteiger partial charge in [-0.05, 0) is 42.3 Å². The van der Waals surface area contributed by atoms with Crippen molar-refractivity contribution in [2.45, 2.75) is 38.0 Å². The van der Waals surface area contributed by atoms with Gasteiger partial charge in [-0.25, -0.2) is 13.2 Å². The number of alkyl halides is 5. The van der Waals surface area contributed by atoms with Gasteiger partial charge in [-0.15, -0.1) is 0 Å². The van der Waals surface area contributed by atoms with E-state index in [4.69, 9.17) is 28.0 Å². The molecule has 2 aromatic rings. The molecule has 0 spiro atoms. The summed E-state index contributed by atoms with van der Waals surface area (Å²) in [4.78, 5) is 28.9. The highest BCUT2D eigenvalue weighted by atomic mass is 35.5. The van der Waals surface area contributed by atoms with Gasteiger partial charge < -0.3 is 15.5 Å². The summed E-state index contributed by atoms with van der Waals surface area (Å²) in [7, 11) is 0. The lowest BCUT2D eigenvalue weighted by molar-refractivity contribution is -0.276. The first-order chi connectivity index (χ1) is 17.0. The Bertz CT molecular complexity index is 1260. The van der Waals surface area contributed by atoms with Crippen LogP contribution < -0.4 is 10.6 Å². The standard InChI is InChI=1S/C23H19Cl2F6N3O3/c1-11-5-12(3-4-14(11)20(36)32-9-18(35)33-10-21(2,27)28)17-8-22(37-34-17,23(29,30)31)15-6-13(24)7-16(25)19(15)26/h3-7H,8-10H2,1-2H3,(H,32,36)(H,33,35). The molecule has 1 aliphatic rings. The first-order valence-corrected chi connectivity index (χ1v) is 11.3. The van der Waals surface area contributed by atoms with E-state index in [1.165, 1.54) is 25.1 Å². The summed E-state index contributed by atoms with van der Waals surface area (Å²) in [5.74, 6) is -6.02. The van der Waals surface area contributed by atoms with Crippen LogP contribution in [0.4, 0.5) is 26.3 Å². The molecule has 1 atom stereocenters. The van der Waals surface area contributed by atoms with E-state index in [1.54, 1.807) is 0 Å². The number of carbonyl (C=O) groups is 2. The van der Waals surface area contributed by atoms with E-state index in [2.05, 4.69) is 10.5 Å². The summed E-state index contributed by atoms with van der Waals surface area (Å²) in [5.41, 5.74) is -3.75. The average molecular weight is 570 g/mol. The van der Waals surface area contributed by atoms with E-state index in [0.717, 1.165) is 12.1 Å². The summed E-state index contributed by atoms with van der Waals surface area (Å²) in [6, 6.07) is 5.67. The summed E-state index contributed by atoms with van der Waals surface area (Å²) >= 11 is 11.5. The zero-order valence-corrected chi connectivity index (χ0v) is 20.7. The molecule has 1 heterocycles. The van der Waals surface area contributed by atoms with Crippen molar-refractivity contribution in [3.63, 3.8) is 0 Å². The number of hydrogen-bond acceptors (Lipinski definition) is 4. The van der Waals surface area contributed by atoms with Crippen LogP contribution in [0.3, 0.4) is 0 Å². The lowest BCUT2D eigenvalue weighted by atomic mass is 9.85. The molecule has 3 rings (SSSR count). The molecule has 2 N–H and O–H groups in total. The topological polar surface area (TPSA) is 79.8 Å². The van der Waals surface area contributed by atoms with Crippen LogP contribution in [-0.2, 0) is 15.2 Å². The van der Waals surface area contributed by atoms with Crippen LogP contribution in [0, 0.1) is 12.7 Å². The molecule has 6 nitrogen and oxygen atoms in total. The quantitative estimate of drug-likeness (QED) is 0.340. The third-order valence-corrected chi connectivity index (χ3v) is 5.92. The number of oxime groups is 1. The molecule has 1 aliphatic heterocycles. The Morgan fingerprint density at radius 3 is 2.38 bits per heavy atom. The first-order valence-electron chi connectivity index (χ1n) is 10.5. The second-order valence-electron chi connectivity index (χ2n) is 8.44. The van der Waals surface area contributed by atoms with Crippen LogP contribution in [0.1, 0.15) is 40.4 Å². The van der Waals surface area contributed by atoms with Gasteiger partial charge in [0.25, 0.3) is 17.4 Å². The molecule has 0 saturated carbocycles. The number of halogens is 8. The zero-order chi connectivity index (χ0) is 27.8. The van der Waals surface area contributed by atoms with Crippen molar-refractivity contribution in [2.24, 2.45) is 5.16 Å². The van der Waals surface area contributed by atoms with E-state index in [-0.39, 0.29) is 21.9 Å². The summed E-state index contributed by atoms with van der Waals surface area (Å²) in [6.07, 6.45) is -6.01. The molecule has 14 heteroatoms. The van der Waals surface area contributed by atoms with Crippen molar-refractivity contribution in [1.29, 1.82) is 0 Å². The average Bonchev–Trinajstić information content (AvgIpc) is 3.24. The Hall–Kier alpha value is -2.99. The Morgan fingerprint density at radius 1 is 1.11 bits per heavy atom. The molecule has 0 saturated heterocycles. The van der Waals surface area contributed by atoms with Gasteiger partial charge in [-0.2, -0.15) is 13.2 Å². The minimum absolute atomic E-state index is 0.0756. The van der Waals surface area contributed by atoms with Crippen LogP contribution in [-0.4, -0.2) is 42.7 Å². The molecule has 37 heavy (non-hydrogen) atoms. The number of nitrogens with zero attached hydrogens (tertiary/aromatic N) is 1. The van der Waals surface area contributed by atoms with E-state index in [0.29, 0.717) is 12.5 Å². The molecule has 0 bridgehead atoms. The largest absolute Gasteiger partial charge is 0.435 e. The molecule has 1 unspecified atom stereocenters. The molecule has 0 fully saturated rings. The second kappa shape index (κ2) is 10.4. The monoisotopic (exact) mass is 569 g/mol. The maximum atomic E-state index is 14.6. The normalized spacial score (nSPS) is 17.7. The number of nitrogens with one attached hydrogen (secondary N) is 2. The molecule has 0 aliphatic carbocycles. The van der Waals surface area contributed by atoms with E-state index >= 15 is 0 Å². The highest BCUT2D eigenvalue weighted by Crippen LogP contribution is 2.50. The minimum Gasteiger partial charge on any atom is -0.374 e. The van der Waals surface area contributed by atoms with Crippen molar-refractivity contribution in [3.05, 3.63) is 68.4 Å². The van der Waals surface area contributed by atoms with Crippen LogP contribution in [0.15, 0.2) is 35.5 Å². The van der Waals surface area contributed by atoms with Gasteiger partial charge in [0.2, 0.25) is 5.91 Å². The van der Waals surface area contributed by atoms with Crippen molar-refractivity contribution in [1.82, 2.24) is 10.6 Å². The van der Waals surface area contributed by atoms with Gasteiger partial charge in [0, 0.05) is 23.1 Å². The predicted molar refractivity (Wildman–Crippen MR) is 124 cm³/mol. The second-order valence-corrected chi connectivity index (χ2v) is 9.28. The number of aryl methyl sites for hydroxylation is 1. The lowest BCUT2D eigenvalue weighted by Crippen LogP contribution is -2.43. The molecular weight excluding hydrogens is 551 g/mol. The number of rotatable bonds is 7. The minimum atomic E-state index is -5.11. The molecule has 2 amide bonds. The maximum Gasteiger partial charge on any atom is 0.435 e. The van der Waals surface area contributed by atoms with Crippen molar-refractivity contribution in [3.8, 4) is 0 Å². The fourth-order valence-corrected chi connectivity index (χ4v) is 4.05. The third kappa shape index (κ3) is 6.30. The van der Waals surface area contributed by atoms with E-state index in [9.17, 15) is 35.9 Å². The van der Waals surface area contributed by atoms with Gasteiger partial charge in [-0.3, -0.25) is 9.59 Å². The predicted octanol–water partition coefficient (Wildman–Crippen LogP) is 5.52. The van der Waals surface area contributed by atoms with Crippen LogP contribution in [0.5, 0.6) is 0 Å². The van der Waals surface area contributed by atoms with Gasteiger partial charge in [0.1, 0.15) is 5.82 Å². The van der Waals surface area contributed by atoms with Gasteiger partial charge >= 0.3 is 6.18 Å². The smallest absolute Gasteiger partial charge is 0.374 e. The van der Waals surface area contributed by atoms with Gasteiger partial charge in [0.05, 0.1) is 30.2 Å². The fourth-order valence-electron chi connectivity index (χ4n) is 3.56. The number of carbonyl (C=O) groups excluding carboxylic acids is 2. The first kappa shape index (κ1) is 28.6. The lowest BCUT2D eigenvalue weighted by Gasteiger charge is -2.30. The Kier molecular flexibility index (Phi) is 8.04. The Morgan fingerprint density at radius 2 is 1.78 bits per heavy atom. The van der Waals surface area contributed by atoms with Crippen molar-refractivity contribution < 1.29 is 40.8 Å². The van der Waals surface area contributed by atoms with E-state index in [1.807, 2.05) is 5.32 Å². The number of hydrogen-bond donors (Lipinski definition) is 2. The van der Waals surface area contributed by atoms with E-state index < -0.39 is 65.4 Å². The van der Waals surface area contributed by atoms with Gasteiger partial charge in [-0.1, -0.05) is 34.4 Å². The molecule has 200 valence electrons. The number of benzene rings is 2. The fraction of sp³-hybridized carbons (Fsp3) is 0.348. The van der Waals surface area contributed by atoms with Crippen molar-refractivity contribution >= 4 is 40.7 Å². The van der Waals surface area contributed by atoms with Crippen molar-refractivity contribution in [2.75, 3.05) is 13.1 Å². The van der Waals surface area contributed by atoms with Gasteiger partial charge in [0.15, 0.2) is 0 Å². The molecule has 0 aromatic heterocycles. The maximum absolute atomic E-state index is 14.6. The van der Waals surface area contributed by atoms with Crippen LogP contribution >= 0.6 is 23.2 Å². The zero-order valence-electron chi connectivity index (χ0n) is 19.2. The number of amides is 2. The summed E-state index contributed by atoms with van der Waals surface area (Å²) < 4.78 is 82.8. The Labute approximate surface area is 216 Å². The Balaban J connectivity index is 1.79. The van der Waals surface area contributed by atoms with Crippen LogP contribution in [0.25, 0.3) is 0 Å². The summed E-state index contributed by atoms with van der Waals surface area (Å²) in [5, 5.41) is 6.93. The molecule has 0 radical (unpaired) electrons. The highest BCUT2D eigenvalue weighted by molar-refractivity contribution is 6.34. The third-order valence-electron chi connectivity index (χ3n) is 5.42. The SMILES string of the molecule is Cc1cc(C2=NOC(c3cc(Cl)cc(Cl)c3F)(C(F)(F)F)C2)ccc1C(=O)NCC(=O)NCC(C)(F)F.